The van der Waals surface area contributed by atoms with Gasteiger partial charge in [-0.3, -0.25) is 0 Å². The van der Waals surface area contributed by atoms with E-state index in [-0.39, 0.29) is 0 Å². The third-order valence-corrected chi connectivity index (χ3v) is 3.39. The summed E-state index contributed by atoms with van der Waals surface area (Å²) in [5.41, 5.74) is 0.674. The Bertz CT molecular complexity index is 528. The molecule has 2 aromatic rings. The highest BCUT2D eigenvalue weighted by Gasteiger charge is 2.08. The van der Waals surface area contributed by atoms with Gasteiger partial charge in [-0.25, -0.2) is 4.98 Å². The van der Waals surface area contributed by atoms with Gasteiger partial charge in [-0.15, -0.1) is 0 Å². The molecule has 0 amide bonds. The molecule has 1 aromatic heterocycles. The minimum atomic E-state index is 0.502. The molecular weight excluding hydrogens is 293 g/mol. The molecule has 1 N–H and O–H groups in total. The van der Waals surface area contributed by atoms with Crippen molar-refractivity contribution in [1.82, 2.24) is 9.55 Å². The fraction of sp³-hybridized carbons (Fsp3) is 0.250. The van der Waals surface area contributed by atoms with E-state index in [1.54, 1.807) is 18.3 Å². The lowest BCUT2D eigenvalue weighted by atomic mass is 10.3. The van der Waals surface area contributed by atoms with Crippen LogP contribution in [0.1, 0.15) is 12.7 Å². The molecule has 2 rings (SSSR count). The molecule has 6 heteroatoms. The number of nitrogens with zero attached hydrogens (tertiary/aromatic N) is 2. The van der Waals surface area contributed by atoms with Crippen LogP contribution in [0.15, 0.2) is 24.5 Å². The van der Waals surface area contributed by atoms with E-state index in [0.717, 1.165) is 12.4 Å². The first-order chi connectivity index (χ1) is 8.61. The molecule has 18 heavy (non-hydrogen) atoms. The van der Waals surface area contributed by atoms with Crippen molar-refractivity contribution in [2.24, 2.45) is 0 Å². The lowest BCUT2D eigenvalue weighted by molar-refractivity contribution is 0.708. The van der Waals surface area contributed by atoms with Gasteiger partial charge in [0, 0.05) is 24.0 Å². The Morgan fingerprint density at radius 1 is 1.22 bits per heavy atom. The van der Waals surface area contributed by atoms with E-state index in [9.17, 15) is 0 Å². The smallest absolute Gasteiger partial charge is 0.128 e. The van der Waals surface area contributed by atoms with E-state index in [1.807, 2.05) is 10.8 Å². The summed E-state index contributed by atoms with van der Waals surface area (Å²) in [4.78, 5) is 4.27. The van der Waals surface area contributed by atoms with Gasteiger partial charge in [0.2, 0.25) is 0 Å². The van der Waals surface area contributed by atoms with E-state index >= 15 is 0 Å². The van der Waals surface area contributed by atoms with Crippen molar-refractivity contribution in [2.75, 3.05) is 5.32 Å². The number of hydrogen-bond donors (Lipinski definition) is 1. The molecule has 0 fully saturated rings. The van der Waals surface area contributed by atoms with Crippen molar-refractivity contribution in [3.63, 3.8) is 0 Å². The molecule has 0 aliphatic carbocycles. The standard InChI is InChI=1S/C12H12Cl3N3/c1-2-18-4-3-16-11(18)7-17-12-9(14)5-8(13)6-10(12)15/h3-6,17H,2,7H2,1H3. The maximum atomic E-state index is 6.09. The maximum absolute atomic E-state index is 6.09. The lowest BCUT2D eigenvalue weighted by Gasteiger charge is -2.11. The largest absolute Gasteiger partial charge is 0.375 e. The zero-order chi connectivity index (χ0) is 13.1. The number of anilines is 1. The molecule has 3 nitrogen and oxygen atoms in total. The number of hydrogen-bond acceptors (Lipinski definition) is 2. The third-order valence-electron chi connectivity index (χ3n) is 2.57. The highest BCUT2D eigenvalue weighted by Crippen LogP contribution is 2.33. The Kier molecular flexibility index (Phi) is 4.38. The molecule has 0 atom stereocenters. The van der Waals surface area contributed by atoms with Gasteiger partial charge < -0.3 is 9.88 Å². The van der Waals surface area contributed by atoms with Crippen LogP contribution < -0.4 is 5.32 Å². The lowest BCUT2D eigenvalue weighted by Crippen LogP contribution is -2.08. The number of rotatable bonds is 4. The van der Waals surface area contributed by atoms with Gasteiger partial charge >= 0.3 is 0 Å². The number of aryl methyl sites for hydroxylation is 1. The maximum Gasteiger partial charge on any atom is 0.128 e. The van der Waals surface area contributed by atoms with E-state index in [0.29, 0.717) is 27.3 Å². The summed E-state index contributed by atoms with van der Waals surface area (Å²) in [6.07, 6.45) is 3.70. The number of imidazole rings is 1. The van der Waals surface area contributed by atoms with E-state index < -0.39 is 0 Å². The molecular formula is C12H12Cl3N3. The minimum Gasteiger partial charge on any atom is -0.375 e. The summed E-state index contributed by atoms with van der Waals surface area (Å²) in [6.45, 7) is 3.49. The van der Waals surface area contributed by atoms with Gasteiger partial charge in [0.15, 0.2) is 0 Å². The van der Waals surface area contributed by atoms with E-state index in [4.69, 9.17) is 34.8 Å². The summed E-state index contributed by atoms with van der Waals surface area (Å²) in [5, 5.41) is 4.70. The summed E-state index contributed by atoms with van der Waals surface area (Å²) in [6, 6.07) is 3.31. The predicted molar refractivity (Wildman–Crippen MR) is 76.7 cm³/mol. The van der Waals surface area contributed by atoms with E-state index in [1.165, 1.54) is 0 Å². The van der Waals surface area contributed by atoms with Crippen LogP contribution in [-0.4, -0.2) is 9.55 Å². The quantitative estimate of drug-likeness (QED) is 0.903. The first-order valence-electron chi connectivity index (χ1n) is 5.50. The van der Waals surface area contributed by atoms with Crippen LogP contribution in [-0.2, 0) is 13.1 Å². The van der Waals surface area contributed by atoms with E-state index in [2.05, 4.69) is 17.2 Å². The molecule has 0 saturated heterocycles. The van der Waals surface area contributed by atoms with Crippen molar-refractivity contribution >= 4 is 40.5 Å². The topological polar surface area (TPSA) is 29.9 Å². The normalized spacial score (nSPS) is 10.7. The minimum absolute atomic E-state index is 0.502. The molecule has 0 spiro atoms. The fourth-order valence-corrected chi connectivity index (χ4v) is 2.62. The highest BCUT2D eigenvalue weighted by atomic mass is 35.5. The van der Waals surface area contributed by atoms with Crippen LogP contribution >= 0.6 is 34.8 Å². The molecule has 1 heterocycles. The fourth-order valence-electron chi connectivity index (χ4n) is 1.67. The molecule has 0 bridgehead atoms. The predicted octanol–water partition coefficient (Wildman–Crippen LogP) is 4.48. The molecule has 1 aromatic carbocycles. The molecule has 0 saturated carbocycles. The van der Waals surface area contributed by atoms with Crippen LogP contribution in [0.3, 0.4) is 0 Å². The zero-order valence-electron chi connectivity index (χ0n) is 9.75. The Morgan fingerprint density at radius 3 is 2.50 bits per heavy atom. The van der Waals surface area contributed by atoms with Gasteiger partial charge in [0.05, 0.1) is 22.3 Å². The Balaban J connectivity index is 2.16. The van der Waals surface area contributed by atoms with Gasteiger partial charge in [-0.2, -0.15) is 0 Å². The first-order valence-corrected chi connectivity index (χ1v) is 6.63. The molecule has 0 unspecified atom stereocenters. The summed E-state index contributed by atoms with van der Waals surface area (Å²) in [5.74, 6) is 0.930. The zero-order valence-corrected chi connectivity index (χ0v) is 12.0. The van der Waals surface area contributed by atoms with Crippen molar-refractivity contribution < 1.29 is 0 Å². The molecule has 0 aliphatic rings. The highest BCUT2D eigenvalue weighted by molar-refractivity contribution is 6.41. The number of halogens is 3. The second kappa shape index (κ2) is 5.83. The van der Waals surface area contributed by atoms with Crippen molar-refractivity contribution in [3.05, 3.63) is 45.4 Å². The van der Waals surface area contributed by atoms with Crippen molar-refractivity contribution in [1.29, 1.82) is 0 Å². The monoisotopic (exact) mass is 303 g/mol. The van der Waals surface area contributed by atoms with Gasteiger partial charge in [0.25, 0.3) is 0 Å². The van der Waals surface area contributed by atoms with Crippen molar-refractivity contribution in [2.45, 2.75) is 20.0 Å². The van der Waals surface area contributed by atoms with Crippen LogP contribution in [0, 0.1) is 0 Å². The van der Waals surface area contributed by atoms with Gasteiger partial charge in [0.1, 0.15) is 5.82 Å². The van der Waals surface area contributed by atoms with Crippen LogP contribution in [0.5, 0.6) is 0 Å². The van der Waals surface area contributed by atoms with Crippen LogP contribution in [0.2, 0.25) is 15.1 Å². The van der Waals surface area contributed by atoms with Gasteiger partial charge in [-0.1, -0.05) is 34.8 Å². The number of aromatic nitrogens is 2. The number of nitrogens with one attached hydrogen (secondary N) is 1. The Labute approximate surface area is 121 Å². The number of benzene rings is 1. The average molecular weight is 305 g/mol. The van der Waals surface area contributed by atoms with Gasteiger partial charge in [-0.05, 0) is 19.1 Å². The Morgan fingerprint density at radius 2 is 1.89 bits per heavy atom. The molecule has 0 aliphatic heterocycles. The van der Waals surface area contributed by atoms with Crippen LogP contribution in [0.4, 0.5) is 5.69 Å². The SMILES string of the molecule is CCn1ccnc1CNc1c(Cl)cc(Cl)cc1Cl. The molecule has 96 valence electrons. The summed E-state index contributed by atoms with van der Waals surface area (Å²) in [7, 11) is 0. The summed E-state index contributed by atoms with van der Waals surface area (Å²) >= 11 is 18.0. The van der Waals surface area contributed by atoms with Crippen molar-refractivity contribution in [3.8, 4) is 0 Å². The summed E-state index contributed by atoms with van der Waals surface area (Å²) < 4.78 is 2.05. The first kappa shape index (κ1) is 13.5. The molecule has 0 radical (unpaired) electrons. The average Bonchev–Trinajstić information content (AvgIpc) is 2.75. The second-order valence-corrected chi connectivity index (χ2v) is 4.98. The van der Waals surface area contributed by atoms with Crippen LogP contribution in [0.25, 0.3) is 0 Å². The Hall–Kier alpha value is -0.900. The third kappa shape index (κ3) is 2.91. The second-order valence-electron chi connectivity index (χ2n) is 3.73.